The van der Waals surface area contributed by atoms with E-state index in [1.54, 1.807) is 18.5 Å². The first-order valence-electron chi connectivity index (χ1n) is 9.01. The highest BCUT2D eigenvalue weighted by Gasteiger charge is 2.41. The molecule has 6 heteroatoms. The second kappa shape index (κ2) is 5.92. The predicted molar refractivity (Wildman–Crippen MR) is 99.1 cm³/mol. The number of benzene rings is 1. The molecule has 6 nitrogen and oxygen atoms in total. The first-order chi connectivity index (χ1) is 12.7. The highest BCUT2D eigenvalue weighted by atomic mass is 16.5. The number of rotatable bonds is 3. The number of phenolic OH excluding ortho intramolecular Hbond substituents is 1. The topological polar surface area (TPSA) is 80.2 Å². The van der Waals surface area contributed by atoms with Crippen molar-refractivity contribution in [2.45, 2.75) is 44.4 Å². The molecular weight excluding hydrogens is 328 g/mol. The van der Waals surface area contributed by atoms with Crippen LogP contribution in [0.2, 0.25) is 0 Å². The molecule has 2 N–H and O–H groups in total. The Bertz CT molecular complexity index is 991. The number of nitrogens with one attached hydrogen (secondary N) is 1. The molecule has 2 fully saturated rings. The fourth-order valence-electron chi connectivity index (χ4n) is 4.11. The lowest BCUT2D eigenvalue weighted by molar-refractivity contribution is 0.102. The van der Waals surface area contributed by atoms with Crippen molar-refractivity contribution in [2.24, 2.45) is 0 Å². The van der Waals surface area contributed by atoms with Crippen LogP contribution in [0.3, 0.4) is 0 Å². The molecule has 0 unspecified atom stereocenters. The zero-order valence-electron chi connectivity index (χ0n) is 14.5. The van der Waals surface area contributed by atoms with Gasteiger partial charge in [-0.1, -0.05) is 6.07 Å². The highest BCUT2D eigenvalue weighted by Crippen LogP contribution is 2.38. The van der Waals surface area contributed by atoms with Gasteiger partial charge in [0.05, 0.1) is 18.2 Å². The average molecular weight is 348 g/mol. The van der Waals surface area contributed by atoms with Crippen molar-refractivity contribution >= 4 is 16.6 Å². The van der Waals surface area contributed by atoms with Gasteiger partial charge in [-0.15, -0.1) is 10.2 Å². The molecule has 3 atom stereocenters. The fraction of sp³-hybridized carbons (Fsp3) is 0.350. The maximum atomic E-state index is 10.4. The van der Waals surface area contributed by atoms with Gasteiger partial charge >= 0.3 is 0 Å². The SMILES string of the molecule is Cc1ccc(-c2nnc(N[C@@H]3C[C@@H]4CC[C@H]3O4)c3cnccc23)c(O)c1. The number of pyridine rings is 1. The van der Waals surface area contributed by atoms with Crippen LogP contribution in [0.1, 0.15) is 24.8 Å². The normalized spacial score (nSPS) is 24.3. The van der Waals surface area contributed by atoms with E-state index in [9.17, 15) is 5.11 Å². The van der Waals surface area contributed by atoms with Gasteiger partial charge in [-0.2, -0.15) is 0 Å². The first-order valence-corrected chi connectivity index (χ1v) is 9.01. The smallest absolute Gasteiger partial charge is 0.158 e. The van der Waals surface area contributed by atoms with Crippen LogP contribution in [0.25, 0.3) is 22.0 Å². The minimum absolute atomic E-state index is 0.208. The molecule has 0 amide bonds. The number of anilines is 1. The summed E-state index contributed by atoms with van der Waals surface area (Å²) in [6, 6.07) is 7.77. The molecular formula is C20H20N4O2. The number of hydrogen-bond donors (Lipinski definition) is 2. The lowest BCUT2D eigenvalue weighted by Crippen LogP contribution is -2.31. The van der Waals surface area contributed by atoms with E-state index in [0.717, 1.165) is 41.4 Å². The van der Waals surface area contributed by atoms with Crippen molar-refractivity contribution in [3.05, 3.63) is 42.2 Å². The predicted octanol–water partition coefficient (Wildman–Crippen LogP) is 3.44. The third kappa shape index (κ3) is 2.49. The van der Waals surface area contributed by atoms with Crippen LogP contribution in [0.15, 0.2) is 36.7 Å². The Balaban J connectivity index is 1.58. The number of ether oxygens (including phenoxy) is 1. The van der Waals surface area contributed by atoms with Crippen molar-refractivity contribution in [3.63, 3.8) is 0 Å². The molecule has 132 valence electrons. The third-order valence-corrected chi connectivity index (χ3v) is 5.42. The van der Waals surface area contributed by atoms with Gasteiger partial charge in [0.2, 0.25) is 0 Å². The Morgan fingerprint density at radius 3 is 2.85 bits per heavy atom. The molecule has 0 saturated carbocycles. The number of aryl methyl sites for hydroxylation is 1. The molecule has 5 rings (SSSR count). The van der Waals surface area contributed by atoms with Crippen LogP contribution < -0.4 is 5.32 Å². The van der Waals surface area contributed by atoms with E-state index in [1.165, 1.54) is 0 Å². The van der Waals surface area contributed by atoms with E-state index in [1.807, 2.05) is 25.1 Å². The maximum absolute atomic E-state index is 10.4. The lowest BCUT2D eigenvalue weighted by atomic mass is 9.95. The molecule has 0 radical (unpaired) electrons. The van der Waals surface area contributed by atoms with Crippen molar-refractivity contribution < 1.29 is 9.84 Å². The minimum Gasteiger partial charge on any atom is -0.507 e. The van der Waals surface area contributed by atoms with Gasteiger partial charge in [0.15, 0.2) is 5.82 Å². The summed E-state index contributed by atoms with van der Waals surface area (Å²) in [5.41, 5.74) is 2.34. The molecule has 2 saturated heterocycles. The number of nitrogens with zero attached hydrogens (tertiary/aromatic N) is 3. The standard InChI is InChI=1S/C20H20N4O2/c1-11-2-4-14(17(25)8-11)19-13-6-7-21-10-15(13)20(24-23-19)22-16-9-12-3-5-18(16)26-12/h2,4,6-8,10,12,16,18,25H,3,5,9H2,1H3,(H,22,24)/t12-,16+,18+/m0/s1. The summed E-state index contributed by atoms with van der Waals surface area (Å²) in [7, 11) is 0. The van der Waals surface area contributed by atoms with Crippen LogP contribution in [0, 0.1) is 6.92 Å². The summed E-state index contributed by atoms with van der Waals surface area (Å²) in [4.78, 5) is 4.27. The average Bonchev–Trinajstić information content (AvgIpc) is 3.26. The van der Waals surface area contributed by atoms with E-state index >= 15 is 0 Å². The van der Waals surface area contributed by atoms with Gasteiger partial charge in [-0.05, 0) is 49.9 Å². The van der Waals surface area contributed by atoms with Gasteiger partial charge in [0.25, 0.3) is 0 Å². The Morgan fingerprint density at radius 2 is 2.08 bits per heavy atom. The summed E-state index contributed by atoms with van der Waals surface area (Å²) >= 11 is 0. The van der Waals surface area contributed by atoms with E-state index in [0.29, 0.717) is 17.4 Å². The zero-order chi connectivity index (χ0) is 17.7. The summed E-state index contributed by atoms with van der Waals surface area (Å²) in [6.07, 6.45) is 7.43. The van der Waals surface area contributed by atoms with Gasteiger partial charge in [-0.25, -0.2) is 0 Å². The number of fused-ring (bicyclic) bond motifs is 3. The molecule has 0 aliphatic carbocycles. The Kier molecular flexibility index (Phi) is 3.53. The molecule has 2 aliphatic rings. The Hall–Kier alpha value is -2.73. The van der Waals surface area contributed by atoms with Crippen molar-refractivity contribution in [1.82, 2.24) is 15.2 Å². The van der Waals surface area contributed by atoms with Crippen LogP contribution in [-0.2, 0) is 4.74 Å². The van der Waals surface area contributed by atoms with Crippen molar-refractivity contribution in [3.8, 4) is 17.0 Å². The van der Waals surface area contributed by atoms with E-state index < -0.39 is 0 Å². The summed E-state index contributed by atoms with van der Waals surface area (Å²) in [6.45, 7) is 1.95. The summed E-state index contributed by atoms with van der Waals surface area (Å²) < 4.78 is 5.93. The molecule has 1 aromatic carbocycles. The number of aromatic nitrogens is 3. The molecule has 2 aliphatic heterocycles. The second-order valence-corrected chi connectivity index (χ2v) is 7.20. The molecule has 2 bridgehead atoms. The molecule has 0 spiro atoms. The first kappa shape index (κ1) is 15.5. The lowest BCUT2D eigenvalue weighted by Gasteiger charge is -2.21. The highest BCUT2D eigenvalue weighted by molar-refractivity contribution is 6.00. The van der Waals surface area contributed by atoms with E-state index in [4.69, 9.17) is 4.74 Å². The third-order valence-electron chi connectivity index (χ3n) is 5.42. The fourth-order valence-corrected chi connectivity index (χ4v) is 4.11. The van der Waals surface area contributed by atoms with Crippen LogP contribution in [-0.4, -0.2) is 38.5 Å². The molecule has 26 heavy (non-hydrogen) atoms. The Labute approximate surface area is 151 Å². The number of hydrogen-bond acceptors (Lipinski definition) is 6. The second-order valence-electron chi connectivity index (χ2n) is 7.20. The quantitative estimate of drug-likeness (QED) is 0.755. The van der Waals surface area contributed by atoms with Gasteiger partial charge in [-0.3, -0.25) is 4.98 Å². The monoisotopic (exact) mass is 348 g/mol. The minimum atomic E-state index is 0.208. The summed E-state index contributed by atoms with van der Waals surface area (Å²) in [5, 5.41) is 24.6. The number of aromatic hydroxyl groups is 1. The summed E-state index contributed by atoms with van der Waals surface area (Å²) in [5.74, 6) is 0.934. The van der Waals surface area contributed by atoms with Crippen LogP contribution in [0.4, 0.5) is 5.82 Å². The molecule has 3 aromatic rings. The molecule has 2 aromatic heterocycles. The zero-order valence-corrected chi connectivity index (χ0v) is 14.5. The van der Waals surface area contributed by atoms with Crippen molar-refractivity contribution in [1.29, 1.82) is 0 Å². The van der Waals surface area contributed by atoms with Gasteiger partial charge < -0.3 is 15.2 Å². The van der Waals surface area contributed by atoms with Crippen molar-refractivity contribution in [2.75, 3.05) is 5.32 Å². The largest absolute Gasteiger partial charge is 0.507 e. The van der Waals surface area contributed by atoms with E-state index in [2.05, 4.69) is 20.5 Å². The van der Waals surface area contributed by atoms with Gasteiger partial charge in [0.1, 0.15) is 11.4 Å². The van der Waals surface area contributed by atoms with Crippen LogP contribution in [0.5, 0.6) is 5.75 Å². The number of phenols is 1. The van der Waals surface area contributed by atoms with E-state index in [-0.39, 0.29) is 17.9 Å². The molecule has 4 heterocycles. The Morgan fingerprint density at radius 1 is 1.15 bits per heavy atom. The van der Waals surface area contributed by atoms with Crippen LogP contribution >= 0.6 is 0 Å². The maximum Gasteiger partial charge on any atom is 0.158 e. The van der Waals surface area contributed by atoms with Gasteiger partial charge in [0, 0.05) is 28.7 Å².